The second kappa shape index (κ2) is 8.28. The van der Waals surface area contributed by atoms with Crippen molar-refractivity contribution in [2.45, 2.75) is 6.92 Å². The number of carbonyl (C=O) groups excluding carboxylic acids is 2. The molecule has 0 saturated carbocycles. The number of nitrogens with zero attached hydrogens (tertiary/aromatic N) is 1. The molecule has 1 saturated heterocycles. The van der Waals surface area contributed by atoms with E-state index in [1.54, 1.807) is 42.5 Å². The van der Waals surface area contributed by atoms with E-state index in [9.17, 15) is 14.7 Å². The highest BCUT2D eigenvalue weighted by atomic mass is 35.5. The fourth-order valence-corrected chi connectivity index (χ4v) is 3.22. The zero-order valence-electron chi connectivity index (χ0n) is 14.2. The van der Waals surface area contributed by atoms with Gasteiger partial charge in [-0.3, -0.25) is 9.59 Å². The Kier molecular flexibility index (Phi) is 5.83. The number of aromatic hydroxyl groups is 1. The van der Waals surface area contributed by atoms with E-state index in [2.05, 4.69) is 10.3 Å². The van der Waals surface area contributed by atoms with Crippen molar-refractivity contribution in [1.29, 1.82) is 0 Å². The first-order chi connectivity index (χ1) is 13.0. The maximum atomic E-state index is 12.2. The van der Waals surface area contributed by atoms with Crippen LogP contribution in [0.15, 0.2) is 52.4 Å². The number of benzene rings is 2. The van der Waals surface area contributed by atoms with E-state index in [1.807, 2.05) is 6.92 Å². The van der Waals surface area contributed by atoms with Crippen molar-refractivity contribution >= 4 is 46.4 Å². The van der Waals surface area contributed by atoms with E-state index >= 15 is 0 Å². The molecule has 2 aromatic rings. The van der Waals surface area contributed by atoms with Gasteiger partial charge in [0.1, 0.15) is 0 Å². The standard InChI is InChI=1S/C19H15ClN2O4S/c1-2-26-15-9-11(3-8-14(15)23)10-16-18(25)22-19(27-16)21-17(24)12-4-6-13(20)7-5-12/h3-10,23H,2H2,1H3,(H,21,22,24,25)/b16-10-. The average Bonchev–Trinajstić information content (AvgIpc) is 2.97. The van der Waals surface area contributed by atoms with Crippen molar-refractivity contribution < 1.29 is 19.4 Å². The van der Waals surface area contributed by atoms with Crippen LogP contribution < -0.4 is 10.1 Å². The third-order valence-electron chi connectivity index (χ3n) is 3.53. The van der Waals surface area contributed by atoms with Gasteiger partial charge >= 0.3 is 0 Å². The van der Waals surface area contributed by atoms with Gasteiger partial charge in [-0.2, -0.15) is 4.99 Å². The Morgan fingerprint density at radius 1 is 1.30 bits per heavy atom. The van der Waals surface area contributed by atoms with Crippen LogP contribution in [-0.2, 0) is 4.79 Å². The number of aliphatic imine (C=N–C) groups is 1. The molecule has 1 aliphatic heterocycles. The van der Waals surface area contributed by atoms with Crippen LogP contribution in [0.3, 0.4) is 0 Å². The molecule has 8 heteroatoms. The Morgan fingerprint density at radius 3 is 2.74 bits per heavy atom. The maximum Gasteiger partial charge on any atom is 0.279 e. The molecule has 0 aliphatic carbocycles. The summed E-state index contributed by atoms with van der Waals surface area (Å²) in [6.07, 6.45) is 1.64. The van der Waals surface area contributed by atoms with Crippen LogP contribution >= 0.6 is 23.4 Å². The van der Waals surface area contributed by atoms with Crippen molar-refractivity contribution in [2.75, 3.05) is 6.61 Å². The van der Waals surface area contributed by atoms with Crippen LogP contribution in [0.5, 0.6) is 11.5 Å². The predicted octanol–water partition coefficient (Wildman–Crippen LogP) is 3.84. The second-order valence-electron chi connectivity index (χ2n) is 5.45. The van der Waals surface area contributed by atoms with E-state index in [1.165, 1.54) is 6.07 Å². The number of carbonyl (C=O) groups is 2. The molecule has 0 bridgehead atoms. The normalized spacial score (nSPS) is 16.6. The lowest BCUT2D eigenvalue weighted by Crippen LogP contribution is -2.20. The minimum Gasteiger partial charge on any atom is -0.504 e. The molecular formula is C19H15ClN2O4S. The molecule has 0 spiro atoms. The summed E-state index contributed by atoms with van der Waals surface area (Å²) >= 11 is 6.87. The Hall–Kier alpha value is -2.77. The summed E-state index contributed by atoms with van der Waals surface area (Å²) in [5.41, 5.74) is 1.05. The zero-order chi connectivity index (χ0) is 19.4. The van der Waals surface area contributed by atoms with E-state index in [4.69, 9.17) is 16.3 Å². The third kappa shape index (κ3) is 4.69. The van der Waals surface area contributed by atoms with E-state index < -0.39 is 5.91 Å². The van der Waals surface area contributed by atoms with Gasteiger partial charge in [-0.1, -0.05) is 17.7 Å². The fourth-order valence-electron chi connectivity index (χ4n) is 2.27. The second-order valence-corrected chi connectivity index (χ2v) is 6.92. The van der Waals surface area contributed by atoms with E-state index in [0.29, 0.717) is 33.4 Å². The number of amides is 2. The van der Waals surface area contributed by atoms with E-state index in [0.717, 1.165) is 11.8 Å². The number of halogens is 1. The van der Waals surface area contributed by atoms with Crippen LogP contribution in [0, 0.1) is 0 Å². The van der Waals surface area contributed by atoms with Crippen molar-refractivity contribution in [3.8, 4) is 11.5 Å². The summed E-state index contributed by atoms with van der Waals surface area (Å²) in [5, 5.41) is 13.0. The molecule has 1 aliphatic rings. The average molecular weight is 403 g/mol. The number of phenols is 1. The molecular weight excluding hydrogens is 388 g/mol. The minimum atomic E-state index is -0.473. The molecule has 1 fully saturated rings. The van der Waals surface area contributed by atoms with Gasteiger partial charge in [0.05, 0.1) is 11.5 Å². The van der Waals surface area contributed by atoms with Gasteiger partial charge in [0, 0.05) is 10.6 Å². The first-order valence-electron chi connectivity index (χ1n) is 8.01. The zero-order valence-corrected chi connectivity index (χ0v) is 15.8. The first kappa shape index (κ1) is 19.0. The number of rotatable bonds is 4. The molecule has 0 unspecified atom stereocenters. The van der Waals surface area contributed by atoms with Gasteiger partial charge in [-0.25, -0.2) is 0 Å². The molecule has 2 N–H and O–H groups in total. The van der Waals surface area contributed by atoms with Crippen molar-refractivity contribution in [2.24, 2.45) is 4.99 Å². The quantitative estimate of drug-likeness (QED) is 0.758. The number of nitrogens with one attached hydrogen (secondary N) is 1. The van der Waals surface area contributed by atoms with Gasteiger partial charge in [0.2, 0.25) is 0 Å². The third-order valence-corrected chi connectivity index (χ3v) is 4.69. The molecule has 138 valence electrons. The monoisotopic (exact) mass is 402 g/mol. The highest BCUT2D eigenvalue weighted by molar-refractivity contribution is 8.18. The van der Waals surface area contributed by atoms with Gasteiger partial charge in [-0.15, -0.1) is 0 Å². The summed E-state index contributed by atoms with van der Waals surface area (Å²) in [4.78, 5) is 28.6. The van der Waals surface area contributed by atoms with Gasteiger partial charge in [-0.05, 0) is 66.7 Å². The van der Waals surface area contributed by atoms with E-state index in [-0.39, 0.29) is 16.8 Å². The van der Waals surface area contributed by atoms with Crippen LogP contribution in [0.25, 0.3) is 6.08 Å². The summed E-state index contributed by atoms with van der Waals surface area (Å²) in [5.74, 6) is -0.465. The highest BCUT2D eigenvalue weighted by Crippen LogP contribution is 2.31. The van der Waals surface area contributed by atoms with Crippen LogP contribution in [0.1, 0.15) is 22.8 Å². The highest BCUT2D eigenvalue weighted by Gasteiger charge is 2.25. The summed E-state index contributed by atoms with van der Waals surface area (Å²) in [7, 11) is 0. The number of phenolic OH excluding ortho intramolecular Hbond substituents is 1. The summed E-state index contributed by atoms with van der Waals surface area (Å²) < 4.78 is 5.34. The molecule has 0 radical (unpaired) electrons. The predicted molar refractivity (Wildman–Crippen MR) is 106 cm³/mol. The van der Waals surface area contributed by atoms with Crippen LogP contribution in [0.4, 0.5) is 0 Å². The number of ether oxygens (including phenoxy) is 1. The van der Waals surface area contributed by atoms with Gasteiger partial charge in [0.25, 0.3) is 11.8 Å². The fraction of sp³-hybridized carbons (Fsp3) is 0.105. The minimum absolute atomic E-state index is 0.0262. The topological polar surface area (TPSA) is 88.0 Å². The Labute approximate surface area is 164 Å². The maximum absolute atomic E-state index is 12.2. The molecule has 2 aromatic carbocycles. The first-order valence-corrected chi connectivity index (χ1v) is 9.21. The summed E-state index contributed by atoms with van der Waals surface area (Å²) in [6, 6.07) is 11.1. The molecule has 2 amide bonds. The molecule has 0 atom stereocenters. The van der Waals surface area contributed by atoms with Gasteiger partial charge < -0.3 is 15.2 Å². The number of thioether (sulfide) groups is 1. The molecule has 3 rings (SSSR count). The smallest absolute Gasteiger partial charge is 0.279 e. The number of hydrogen-bond donors (Lipinski definition) is 2. The van der Waals surface area contributed by atoms with Crippen molar-refractivity contribution in [3.63, 3.8) is 0 Å². The lowest BCUT2D eigenvalue weighted by molar-refractivity contribution is -0.115. The van der Waals surface area contributed by atoms with Crippen LogP contribution in [-0.4, -0.2) is 28.7 Å². The van der Waals surface area contributed by atoms with Gasteiger partial charge in [0.15, 0.2) is 16.7 Å². The van der Waals surface area contributed by atoms with Crippen LogP contribution in [0.2, 0.25) is 5.02 Å². The molecule has 27 heavy (non-hydrogen) atoms. The molecule has 1 heterocycles. The Balaban J connectivity index is 1.79. The SMILES string of the molecule is CCOc1cc(/C=C2\SC(=NC(=O)c3ccc(Cl)cc3)NC2=O)ccc1O. The molecule has 6 nitrogen and oxygen atoms in total. The lowest BCUT2D eigenvalue weighted by Gasteiger charge is -2.06. The number of amidine groups is 1. The Morgan fingerprint density at radius 2 is 2.04 bits per heavy atom. The molecule has 0 aromatic heterocycles. The van der Waals surface area contributed by atoms with Crippen molar-refractivity contribution in [1.82, 2.24) is 5.32 Å². The summed E-state index contributed by atoms with van der Waals surface area (Å²) in [6.45, 7) is 2.22. The van der Waals surface area contributed by atoms with Crippen molar-refractivity contribution in [3.05, 3.63) is 63.5 Å². The number of hydrogen-bond acceptors (Lipinski definition) is 5. The Bertz CT molecular complexity index is 955. The lowest BCUT2D eigenvalue weighted by atomic mass is 10.2. The largest absolute Gasteiger partial charge is 0.504 e.